The molecule has 2 unspecified atom stereocenters. The second kappa shape index (κ2) is 4.82. The predicted molar refractivity (Wildman–Crippen MR) is 55.9 cm³/mol. The van der Waals surface area contributed by atoms with E-state index in [-0.39, 0.29) is 12.0 Å². The third kappa shape index (κ3) is 2.95. The maximum atomic E-state index is 12.3. The van der Waals surface area contributed by atoms with Gasteiger partial charge >= 0.3 is 6.18 Å². The van der Waals surface area contributed by atoms with Crippen molar-refractivity contribution in [3.63, 3.8) is 0 Å². The SMILES string of the molecule is CCC(c1ccc(C(F)(F)F)cn1)C(C)N. The summed E-state index contributed by atoms with van der Waals surface area (Å²) in [5, 5.41) is 0. The third-order valence-corrected chi connectivity index (χ3v) is 2.57. The number of hydrogen-bond acceptors (Lipinski definition) is 2. The van der Waals surface area contributed by atoms with Gasteiger partial charge in [0.1, 0.15) is 0 Å². The van der Waals surface area contributed by atoms with Crippen molar-refractivity contribution in [2.45, 2.75) is 38.4 Å². The molecule has 90 valence electrons. The molecule has 16 heavy (non-hydrogen) atoms. The summed E-state index contributed by atoms with van der Waals surface area (Å²) in [5.74, 6) is 0.00211. The molecule has 1 rings (SSSR count). The highest BCUT2D eigenvalue weighted by Crippen LogP contribution is 2.29. The first-order valence-corrected chi connectivity index (χ1v) is 5.15. The predicted octanol–water partition coefficient (Wildman–Crippen LogP) is 2.94. The molecule has 0 aliphatic carbocycles. The van der Waals surface area contributed by atoms with E-state index in [9.17, 15) is 13.2 Å². The van der Waals surface area contributed by atoms with Crippen molar-refractivity contribution >= 4 is 0 Å². The monoisotopic (exact) mass is 232 g/mol. The molecule has 0 amide bonds. The fourth-order valence-electron chi connectivity index (χ4n) is 1.64. The van der Waals surface area contributed by atoms with E-state index in [0.29, 0.717) is 5.69 Å². The number of hydrogen-bond donors (Lipinski definition) is 1. The Kier molecular flexibility index (Phi) is 3.91. The zero-order valence-electron chi connectivity index (χ0n) is 9.25. The molecule has 5 heteroatoms. The lowest BCUT2D eigenvalue weighted by atomic mass is 9.94. The van der Waals surface area contributed by atoms with Crippen molar-refractivity contribution in [2.75, 3.05) is 0 Å². The Morgan fingerprint density at radius 3 is 2.31 bits per heavy atom. The molecule has 0 aromatic carbocycles. The summed E-state index contributed by atoms with van der Waals surface area (Å²) in [7, 11) is 0. The van der Waals surface area contributed by atoms with Crippen LogP contribution in [0.25, 0.3) is 0 Å². The average molecular weight is 232 g/mol. The van der Waals surface area contributed by atoms with Gasteiger partial charge in [-0.15, -0.1) is 0 Å². The molecule has 0 spiro atoms. The fraction of sp³-hybridized carbons (Fsp3) is 0.545. The molecular formula is C11H15F3N2. The van der Waals surface area contributed by atoms with Crippen molar-refractivity contribution in [3.05, 3.63) is 29.6 Å². The second-order valence-electron chi connectivity index (χ2n) is 3.84. The number of nitrogens with two attached hydrogens (primary N) is 1. The van der Waals surface area contributed by atoms with Gasteiger partial charge in [0.15, 0.2) is 0 Å². The van der Waals surface area contributed by atoms with Gasteiger partial charge in [0.2, 0.25) is 0 Å². The van der Waals surface area contributed by atoms with Gasteiger partial charge in [-0.25, -0.2) is 0 Å². The van der Waals surface area contributed by atoms with E-state index >= 15 is 0 Å². The standard InChI is InChI=1S/C11H15F3N2/c1-3-9(7(2)15)10-5-4-8(6-16-10)11(12,13)14/h4-7,9H,3,15H2,1-2H3. The highest BCUT2D eigenvalue weighted by atomic mass is 19.4. The highest BCUT2D eigenvalue weighted by molar-refractivity contribution is 5.20. The maximum Gasteiger partial charge on any atom is 0.417 e. The van der Waals surface area contributed by atoms with Crippen LogP contribution in [0.5, 0.6) is 0 Å². The molecule has 2 N–H and O–H groups in total. The van der Waals surface area contributed by atoms with E-state index < -0.39 is 11.7 Å². The van der Waals surface area contributed by atoms with Crippen LogP contribution in [0.4, 0.5) is 13.2 Å². The number of halogens is 3. The molecular weight excluding hydrogens is 217 g/mol. The van der Waals surface area contributed by atoms with E-state index in [4.69, 9.17) is 5.73 Å². The highest BCUT2D eigenvalue weighted by Gasteiger charge is 2.31. The summed E-state index contributed by atoms with van der Waals surface area (Å²) in [6, 6.07) is 2.34. The van der Waals surface area contributed by atoms with Crippen molar-refractivity contribution in [1.29, 1.82) is 0 Å². The fourth-order valence-corrected chi connectivity index (χ4v) is 1.64. The van der Waals surface area contributed by atoms with Gasteiger partial charge in [-0.1, -0.05) is 6.92 Å². The Balaban J connectivity index is 2.94. The van der Waals surface area contributed by atoms with Gasteiger partial charge in [0.05, 0.1) is 5.56 Å². The van der Waals surface area contributed by atoms with Crippen LogP contribution in [0.2, 0.25) is 0 Å². The lowest BCUT2D eigenvalue weighted by Gasteiger charge is -2.18. The van der Waals surface area contributed by atoms with Gasteiger partial charge in [-0.05, 0) is 25.5 Å². The summed E-state index contributed by atoms with van der Waals surface area (Å²) < 4.78 is 36.9. The van der Waals surface area contributed by atoms with E-state index in [0.717, 1.165) is 18.7 Å². The second-order valence-corrected chi connectivity index (χ2v) is 3.84. The van der Waals surface area contributed by atoms with E-state index in [2.05, 4.69) is 4.98 Å². The molecule has 0 aliphatic rings. The lowest BCUT2D eigenvalue weighted by Crippen LogP contribution is -2.25. The van der Waals surface area contributed by atoms with Crippen LogP contribution in [0, 0.1) is 0 Å². The van der Waals surface area contributed by atoms with Crippen LogP contribution >= 0.6 is 0 Å². The van der Waals surface area contributed by atoms with Crippen LogP contribution in [-0.4, -0.2) is 11.0 Å². The molecule has 0 saturated heterocycles. The first-order chi connectivity index (χ1) is 7.36. The molecule has 2 nitrogen and oxygen atoms in total. The first-order valence-electron chi connectivity index (χ1n) is 5.15. The molecule has 1 aromatic rings. The number of pyridine rings is 1. The Hall–Kier alpha value is -1.10. The average Bonchev–Trinajstić information content (AvgIpc) is 2.17. The van der Waals surface area contributed by atoms with Crippen LogP contribution in [0.3, 0.4) is 0 Å². The Bertz CT molecular complexity index is 330. The van der Waals surface area contributed by atoms with Gasteiger partial charge in [-0.2, -0.15) is 13.2 Å². The normalized spacial score (nSPS) is 15.9. The van der Waals surface area contributed by atoms with Crippen molar-refractivity contribution in [1.82, 2.24) is 4.98 Å². The Morgan fingerprint density at radius 2 is 2.00 bits per heavy atom. The molecule has 0 bridgehead atoms. The number of rotatable bonds is 3. The minimum atomic E-state index is -4.33. The first kappa shape index (κ1) is 13.0. The number of nitrogens with zero attached hydrogens (tertiary/aromatic N) is 1. The van der Waals surface area contributed by atoms with Gasteiger partial charge < -0.3 is 5.73 Å². The van der Waals surface area contributed by atoms with Crippen molar-refractivity contribution in [2.24, 2.45) is 5.73 Å². The summed E-state index contributed by atoms with van der Waals surface area (Å²) in [6.07, 6.45) is -2.71. The zero-order valence-corrected chi connectivity index (χ0v) is 9.25. The lowest BCUT2D eigenvalue weighted by molar-refractivity contribution is -0.137. The molecule has 0 fully saturated rings. The minimum absolute atomic E-state index is 0.00211. The topological polar surface area (TPSA) is 38.9 Å². The third-order valence-electron chi connectivity index (χ3n) is 2.57. The molecule has 1 aromatic heterocycles. The summed E-state index contributed by atoms with van der Waals surface area (Å²) in [4.78, 5) is 3.84. The van der Waals surface area contributed by atoms with Crippen LogP contribution in [0.1, 0.15) is 37.4 Å². The summed E-state index contributed by atoms with van der Waals surface area (Å²) >= 11 is 0. The van der Waals surface area contributed by atoms with Crippen LogP contribution in [-0.2, 0) is 6.18 Å². The molecule has 0 aliphatic heterocycles. The van der Waals surface area contributed by atoms with E-state index in [1.54, 1.807) is 0 Å². The van der Waals surface area contributed by atoms with Gasteiger partial charge in [-0.3, -0.25) is 4.98 Å². The van der Waals surface area contributed by atoms with Gasteiger partial charge in [0, 0.05) is 23.9 Å². The van der Waals surface area contributed by atoms with E-state index in [1.165, 1.54) is 6.07 Å². The van der Waals surface area contributed by atoms with Crippen LogP contribution < -0.4 is 5.73 Å². The largest absolute Gasteiger partial charge is 0.417 e. The van der Waals surface area contributed by atoms with E-state index in [1.807, 2.05) is 13.8 Å². The zero-order chi connectivity index (χ0) is 12.3. The number of aromatic nitrogens is 1. The molecule has 2 atom stereocenters. The summed E-state index contributed by atoms with van der Waals surface area (Å²) in [5.41, 5.74) is 5.63. The molecule has 1 heterocycles. The van der Waals surface area contributed by atoms with Gasteiger partial charge in [0.25, 0.3) is 0 Å². The molecule has 0 radical (unpaired) electrons. The van der Waals surface area contributed by atoms with Crippen LogP contribution in [0.15, 0.2) is 18.3 Å². The quantitative estimate of drug-likeness (QED) is 0.870. The minimum Gasteiger partial charge on any atom is -0.327 e. The number of alkyl halides is 3. The van der Waals surface area contributed by atoms with Crippen molar-refractivity contribution in [3.8, 4) is 0 Å². The Morgan fingerprint density at radius 1 is 1.38 bits per heavy atom. The molecule has 0 saturated carbocycles. The maximum absolute atomic E-state index is 12.3. The Labute approximate surface area is 92.7 Å². The van der Waals surface area contributed by atoms with Crippen molar-refractivity contribution < 1.29 is 13.2 Å². The summed E-state index contributed by atoms with van der Waals surface area (Å²) in [6.45, 7) is 3.76. The smallest absolute Gasteiger partial charge is 0.327 e.